The molecule has 0 aliphatic rings. The summed E-state index contributed by atoms with van der Waals surface area (Å²) in [5.74, 6) is 0. The van der Waals surface area contributed by atoms with Crippen molar-refractivity contribution in [2.75, 3.05) is 0 Å². The molecule has 0 aliphatic heterocycles. The van der Waals surface area contributed by atoms with Crippen LogP contribution in [0, 0.1) is 34.0 Å². The number of pyridine rings is 3. The molecule has 0 fully saturated rings. The van der Waals surface area contributed by atoms with Crippen LogP contribution in [0.2, 0.25) is 0 Å². The summed E-state index contributed by atoms with van der Waals surface area (Å²) in [7, 11) is 0. The van der Waals surface area contributed by atoms with E-state index in [1.165, 1.54) is 0 Å². The molecule has 0 amide bonds. The predicted octanol–water partition coefficient (Wildman–Crippen LogP) is 12.9. The number of hydrogen-bond acceptors (Lipinski definition) is 6. The van der Waals surface area contributed by atoms with Gasteiger partial charge in [-0.15, -0.1) is 0 Å². The van der Waals surface area contributed by atoms with Crippen molar-refractivity contribution >= 4 is 0 Å². The molecule has 3 aromatic heterocycles. The number of nitriles is 3. The minimum Gasteiger partial charge on any atom is -0.256 e. The molecule has 0 atom stereocenters. The first kappa shape index (κ1) is 38.7. The Kier molecular flexibility index (Phi) is 11.0. The van der Waals surface area contributed by atoms with Gasteiger partial charge in [0.05, 0.1) is 52.0 Å². The third-order valence-electron chi connectivity index (χ3n) is 11.1. The summed E-state index contributed by atoms with van der Waals surface area (Å²) in [6.45, 7) is 0. The zero-order valence-electron chi connectivity index (χ0n) is 33.6. The summed E-state index contributed by atoms with van der Waals surface area (Å²) in [4.78, 5) is 13.5. The molecule has 0 aliphatic carbocycles. The molecule has 0 saturated heterocycles. The number of nitrogens with zero attached hydrogens (tertiary/aromatic N) is 6. The molecule has 0 spiro atoms. The van der Waals surface area contributed by atoms with Crippen LogP contribution in [0.25, 0.3) is 78.3 Å². The van der Waals surface area contributed by atoms with Gasteiger partial charge in [0.1, 0.15) is 0 Å². The van der Waals surface area contributed by atoms with Crippen LogP contribution in [0.3, 0.4) is 0 Å². The van der Waals surface area contributed by atoms with Crippen molar-refractivity contribution in [1.82, 2.24) is 15.0 Å². The van der Waals surface area contributed by atoms with Crippen LogP contribution in [0.5, 0.6) is 0 Å². The van der Waals surface area contributed by atoms with Gasteiger partial charge in [-0.3, -0.25) is 15.0 Å². The van der Waals surface area contributed by atoms with Gasteiger partial charge in [-0.25, -0.2) is 0 Å². The number of rotatable bonds is 10. The second-order valence-electron chi connectivity index (χ2n) is 14.9. The van der Waals surface area contributed by atoms with Gasteiger partial charge in [0.2, 0.25) is 0 Å². The van der Waals surface area contributed by atoms with Gasteiger partial charge < -0.3 is 0 Å². The van der Waals surface area contributed by atoms with Crippen molar-refractivity contribution in [3.63, 3.8) is 0 Å². The van der Waals surface area contributed by atoms with E-state index in [1.54, 1.807) is 18.6 Å². The average molecular weight is 793 g/mol. The van der Waals surface area contributed by atoms with E-state index < -0.39 is 0 Å². The Morgan fingerprint density at radius 2 is 0.726 bits per heavy atom. The quantitative estimate of drug-likeness (QED) is 0.136. The third-order valence-corrected chi connectivity index (χ3v) is 11.1. The zero-order chi connectivity index (χ0) is 42.3. The monoisotopic (exact) mass is 792 g/mol. The molecule has 9 rings (SSSR count). The van der Waals surface area contributed by atoms with E-state index in [2.05, 4.69) is 75.6 Å². The van der Waals surface area contributed by atoms with Crippen LogP contribution in [0.1, 0.15) is 27.8 Å². The standard InChI is InChI=1S/C56H36N6/c57-35-45-31-40(54-15-5-8-26-60-54)21-20-39(45)19-18-38-29-43(48-11-1-3-13-52(48)50-24-22-41(32-46(50)36-58)55-16-6-9-27-61-55)34-44(30-38)49-12-2-4-14-53(49)51-25-23-42(33-47(51)37-59)56-17-7-10-28-62-56/h1-17,20-34H,18-19H2. The van der Waals surface area contributed by atoms with Gasteiger partial charge in [-0.1, -0.05) is 115 Å². The minimum absolute atomic E-state index is 0.554. The highest BCUT2D eigenvalue weighted by molar-refractivity contribution is 5.92. The van der Waals surface area contributed by atoms with Gasteiger partial charge in [0.25, 0.3) is 0 Å². The maximum absolute atomic E-state index is 10.5. The smallest absolute Gasteiger partial charge is 0.0998 e. The number of benzene rings is 6. The molecule has 0 bridgehead atoms. The van der Waals surface area contributed by atoms with Crippen molar-refractivity contribution in [2.24, 2.45) is 0 Å². The van der Waals surface area contributed by atoms with Crippen LogP contribution in [-0.4, -0.2) is 15.0 Å². The summed E-state index contributed by atoms with van der Waals surface area (Å²) in [6, 6.07) is 65.5. The fourth-order valence-corrected chi connectivity index (χ4v) is 8.09. The molecule has 0 saturated carbocycles. The first-order valence-corrected chi connectivity index (χ1v) is 20.3. The molecule has 3 heterocycles. The van der Waals surface area contributed by atoms with Crippen molar-refractivity contribution in [1.29, 1.82) is 15.8 Å². The lowest BCUT2D eigenvalue weighted by molar-refractivity contribution is 0.957. The molecule has 6 nitrogen and oxygen atoms in total. The Balaban J connectivity index is 1.17. The largest absolute Gasteiger partial charge is 0.256 e. The highest BCUT2D eigenvalue weighted by Gasteiger charge is 2.18. The number of aromatic nitrogens is 3. The van der Waals surface area contributed by atoms with Crippen LogP contribution < -0.4 is 0 Å². The first-order valence-electron chi connectivity index (χ1n) is 20.3. The highest BCUT2D eigenvalue weighted by atomic mass is 14.7. The van der Waals surface area contributed by atoms with Gasteiger partial charge in [0, 0.05) is 46.4 Å². The molecule has 6 aromatic carbocycles. The lowest BCUT2D eigenvalue weighted by Gasteiger charge is -2.18. The second kappa shape index (κ2) is 17.6. The van der Waals surface area contributed by atoms with Crippen molar-refractivity contribution in [2.45, 2.75) is 12.8 Å². The van der Waals surface area contributed by atoms with Crippen LogP contribution in [0.15, 0.2) is 195 Å². The van der Waals surface area contributed by atoms with Gasteiger partial charge in [0.15, 0.2) is 0 Å². The maximum Gasteiger partial charge on any atom is 0.0998 e. The lowest BCUT2D eigenvalue weighted by atomic mass is 9.86. The predicted molar refractivity (Wildman–Crippen MR) is 246 cm³/mol. The van der Waals surface area contributed by atoms with E-state index in [-0.39, 0.29) is 0 Å². The minimum atomic E-state index is 0.554. The Hall–Kier alpha value is -8.76. The number of hydrogen-bond donors (Lipinski definition) is 0. The molecule has 0 N–H and O–H groups in total. The number of aryl methyl sites for hydroxylation is 2. The van der Waals surface area contributed by atoms with Gasteiger partial charge in [-0.05, 0) is 118 Å². The van der Waals surface area contributed by atoms with E-state index in [1.807, 2.05) is 133 Å². The Morgan fingerprint density at radius 1 is 0.323 bits per heavy atom. The Bertz CT molecular complexity index is 3050. The summed E-state index contributed by atoms with van der Waals surface area (Å²) >= 11 is 0. The van der Waals surface area contributed by atoms with Gasteiger partial charge >= 0.3 is 0 Å². The Morgan fingerprint density at radius 3 is 1.15 bits per heavy atom. The summed E-state index contributed by atoms with van der Waals surface area (Å²) in [5.41, 5.74) is 16.3. The van der Waals surface area contributed by atoms with E-state index in [0.717, 1.165) is 89.4 Å². The van der Waals surface area contributed by atoms with Crippen molar-refractivity contribution in [3.8, 4) is 96.5 Å². The SMILES string of the molecule is N#Cc1cc(-c2ccccn2)ccc1CCc1cc(-c2ccccc2-c2ccc(-c3ccccn3)cc2C#N)cc(-c2ccccc2-c2ccc(-c3ccccn3)cc2C#N)c1. The summed E-state index contributed by atoms with van der Waals surface area (Å²) in [5, 5.41) is 31.3. The van der Waals surface area contributed by atoms with Crippen LogP contribution in [0.4, 0.5) is 0 Å². The molecule has 9 aromatic rings. The van der Waals surface area contributed by atoms with Crippen LogP contribution >= 0.6 is 0 Å². The molecule has 62 heavy (non-hydrogen) atoms. The summed E-state index contributed by atoms with van der Waals surface area (Å²) in [6.07, 6.45) is 6.56. The molecule has 290 valence electrons. The fraction of sp³-hybridized carbons (Fsp3) is 0.0357. The zero-order valence-corrected chi connectivity index (χ0v) is 33.6. The summed E-state index contributed by atoms with van der Waals surface area (Å²) < 4.78 is 0. The van der Waals surface area contributed by atoms with Crippen LogP contribution in [-0.2, 0) is 12.8 Å². The molecule has 0 unspecified atom stereocenters. The first-order chi connectivity index (χ1) is 30.6. The lowest BCUT2D eigenvalue weighted by Crippen LogP contribution is -1.98. The van der Waals surface area contributed by atoms with Crippen molar-refractivity contribution < 1.29 is 0 Å². The topological polar surface area (TPSA) is 110 Å². The van der Waals surface area contributed by atoms with E-state index >= 15 is 0 Å². The normalized spacial score (nSPS) is 10.7. The van der Waals surface area contributed by atoms with E-state index in [9.17, 15) is 15.8 Å². The highest BCUT2D eigenvalue weighted by Crippen LogP contribution is 2.41. The maximum atomic E-state index is 10.5. The van der Waals surface area contributed by atoms with Crippen molar-refractivity contribution in [3.05, 3.63) is 222 Å². The molecular formula is C56H36N6. The molecular weight excluding hydrogens is 757 g/mol. The Labute approximate surface area is 361 Å². The van der Waals surface area contributed by atoms with Gasteiger partial charge in [-0.2, -0.15) is 15.8 Å². The average Bonchev–Trinajstić information content (AvgIpc) is 3.36. The molecule has 6 heteroatoms. The fourth-order valence-electron chi connectivity index (χ4n) is 8.09. The second-order valence-corrected chi connectivity index (χ2v) is 14.9. The van der Waals surface area contributed by atoms with E-state index in [4.69, 9.17) is 0 Å². The molecule has 0 radical (unpaired) electrons. The third kappa shape index (κ3) is 7.99. The van der Waals surface area contributed by atoms with E-state index in [0.29, 0.717) is 29.5 Å².